The average Bonchev–Trinajstić information content (AvgIpc) is 2.49. The molecule has 0 aliphatic carbocycles. The molecule has 0 amide bonds. The maximum atomic E-state index is 12.8. The van der Waals surface area contributed by atoms with E-state index < -0.39 is 7.60 Å². The minimum Gasteiger partial charge on any atom is -0.309 e. The highest BCUT2D eigenvalue weighted by atomic mass is 31.2. The van der Waals surface area contributed by atoms with E-state index in [0.29, 0.717) is 19.4 Å². The summed E-state index contributed by atoms with van der Waals surface area (Å²) in [5.41, 5.74) is 0.0176. The van der Waals surface area contributed by atoms with E-state index in [-0.39, 0.29) is 5.41 Å². The summed E-state index contributed by atoms with van der Waals surface area (Å²) in [5.74, 6) is 0. The molecular formula is C19H41O3P. The van der Waals surface area contributed by atoms with Gasteiger partial charge >= 0.3 is 7.60 Å². The van der Waals surface area contributed by atoms with E-state index >= 15 is 0 Å². The molecule has 0 aliphatic heterocycles. The van der Waals surface area contributed by atoms with E-state index in [2.05, 4.69) is 34.6 Å². The molecule has 0 spiro atoms. The molecule has 0 aromatic rings. The summed E-state index contributed by atoms with van der Waals surface area (Å²) >= 11 is 0. The molecule has 1 unspecified atom stereocenters. The van der Waals surface area contributed by atoms with Gasteiger partial charge in [0.05, 0.1) is 19.4 Å². The van der Waals surface area contributed by atoms with Gasteiger partial charge in [-0.2, -0.15) is 0 Å². The van der Waals surface area contributed by atoms with Gasteiger partial charge < -0.3 is 9.05 Å². The normalized spacial score (nSPS) is 14.8. The zero-order valence-corrected chi connectivity index (χ0v) is 17.3. The van der Waals surface area contributed by atoms with E-state index in [0.717, 1.165) is 19.3 Å². The molecule has 0 N–H and O–H groups in total. The van der Waals surface area contributed by atoms with Gasteiger partial charge in [-0.25, -0.2) is 0 Å². The van der Waals surface area contributed by atoms with Crippen molar-refractivity contribution in [2.24, 2.45) is 5.41 Å². The fraction of sp³-hybridized carbons (Fsp3) is 1.00. The van der Waals surface area contributed by atoms with Crippen molar-refractivity contribution in [3.05, 3.63) is 0 Å². The zero-order valence-electron chi connectivity index (χ0n) is 16.4. The molecule has 0 rings (SSSR count). The van der Waals surface area contributed by atoms with Crippen LogP contribution < -0.4 is 0 Å². The molecule has 0 fully saturated rings. The first kappa shape index (κ1) is 23.1. The van der Waals surface area contributed by atoms with Crippen LogP contribution in [0.2, 0.25) is 0 Å². The van der Waals surface area contributed by atoms with Crippen molar-refractivity contribution < 1.29 is 13.6 Å². The maximum Gasteiger partial charge on any atom is 0.330 e. The molecule has 0 saturated heterocycles. The predicted octanol–water partition coefficient (Wildman–Crippen LogP) is 7.20. The molecule has 1 atom stereocenters. The van der Waals surface area contributed by atoms with Crippen molar-refractivity contribution in [3.63, 3.8) is 0 Å². The predicted molar refractivity (Wildman–Crippen MR) is 101 cm³/mol. The SMILES string of the molecule is CCCCCCCCCCOP(=O)(CCCC)OCC(C)(C)C. The highest BCUT2D eigenvalue weighted by Crippen LogP contribution is 2.50. The van der Waals surface area contributed by atoms with Gasteiger partial charge in [0.1, 0.15) is 0 Å². The van der Waals surface area contributed by atoms with Crippen molar-refractivity contribution in [2.45, 2.75) is 98.8 Å². The summed E-state index contributed by atoms with van der Waals surface area (Å²) in [6.45, 7) is 11.7. The van der Waals surface area contributed by atoms with Crippen LogP contribution in [0.5, 0.6) is 0 Å². The molecule has 23 heavy (non-hydrogen) atoms. The van der Waals surface area contributed by atoms with Crippen molar-refractivity contribution >= 4 is 7.60 Å². The van der Waals surface area contributed by atoms with Gasteiger partial charge in [0.2, 0.25) is 0 Å². The van der Waals surface area contributed by atoms with Crippen molar-refractivity contribution in [2.75, 3.05) is 19.4 Å². The molecule has 140 valence electrons. The maximum absolute atomic E-state index is 12.8. The average molecular weight is 349 g/mol. The molecule has 0 bridgehead atoms. The van der Waals surface area contributed by atoms with Gasteiger partial charge in [-0.15, -0.1) is 0 Å². The molecule has 4 heteroatoms. The quantitative estimate of drug-likeness (QED) is 0.232. The van der Waals surface area contributed by atoms with Gasteiger partial charge in [0.15, 0.2) is 0 Å². The standard InChI is InChI=1S/C19H41O3P/c1-6-8-10-11-12-13-14-15-16-21-23(20,17-9-7-2)22-18-19(3,4)5/h6-18H2,1-5H3. The Morgan fingerprint density at radius 1 is 0.739 bits per heavy atom. The van der Waals surface area contributed by atoms with Crippen molar-refractivity contribution in [3.8, 4) is 0 Å². The number of hydrogen-bond acceptors (Lipinski definition) is 3. The molecular weight excluding hydrogens is 307 g/mol. The largest absolute Gasteiger partial charge is 0.330 e. The lowest BCUT2D eigenvalue weighted by Gasteiger charge is -2.24. The van der Waals surface area contributed by atoms with Gasteiger partial charge in [-0.1, -0.05) is 86.0 Å². The Hall–Kier alpha value is 0.150. The third kappa shape index (κ3) is 15.4. The molecule has 0 radical (unpaired) electrons. The minimum absolute atomic E-state index is 0.0176. The van der Waals surface area contributed by atoms with Crippen LogP contribution in [0.3, 0.4) is 0 Å². The Kier molecular flexibility index (Phi) is 13.5. The molecule has 3 nitrogen and oxygen atoms in total. The van der Waals surface area contributed by atoms with E-state index in [1.54, 1.807) is 0 Å². The van der Waals surface area contributed by atoms with Crippen molar-refractivity contribution in [1.82, 2.24) is 0 Å². The Bertz CT molecular complexity index is 310. The summed E-state index contributed by atoms with van der Waals surface area (Å²) in [4.78, 5) is 0. The van der Waals surface area contributed by atoms with Crippen LogP contribution >= 0.6 is 7.60 Å². The van der Waals surface area contributed by atoms with E-state index in [4.69, 9.17) is 9.05 Å². The Balaban J connectivity index is 3.89. The Morgan fingerprint density at radius 2 is 1.26 bits per heavy atom. The van der Waals surface area contributed by atoms with Crippen LogP contribution in [0.15, 0.2) is 0 Å². The van der Waals surface area contributed by atoms with Crippen LogP contribution in [-0.2, 0) is 13.6 Å². The highest BCUT2D eigenvalue weighted by Gasteiger charge is 2.26. The summed E-state index contributed by atoms with van der Waals surface area (Å²) in [6, 6.07) is 0. The first-order chi connectivity index (χ1) is 10.8. The van der Waals surface area contributed by atoms with Crippen LogP contribution in [0.4, 0.5) is 0 Å². The number of hydrogen-bond donors (Lipinski definition) is 0. The second-order valence-corrected chi connectivity index (χ2v) is 10.0. The van der Waals surface area contributed by atoms with Gasteiger partial charge in [0.25, 0.3) is 0 Å². The Labute approximate surface area is 145 Å². The van der Waals surface area contributed by atoms with Crippen LogP contribution in [0.25, 0.3) is 0 Å². The van der Waals surface area contributed by atoms with Gasteiger partial charge in [0, 0.05) is 0 Å². The van der Waals surface area contributed by atoms with Gasteiger partial charge in [-0.3, -0.25) is 4.57 Å². The summed E-state index contributed by atoms with van der Waals surface area (Å²) < 4.78 is 24.2. The zero-order chi connectivity index (χ0) is 17.6. The molecule has 0 heterocycles. The smallest absolute Gasteiger partial charge is 0.309 e. The monoisotopic (exact) mass is 348 g/mol. The summed E-state index contributed by atoms with van der Waals surface area (Å²) in [7, 11) is -2.90. The first-order valence-corrected chi connectivity index (χ1v) is 11.4. The first-order valence-electron chi connectivity index (χ1n) is 9.71. The second-order valence-electron chi connectivity index (χ2n) is 7.83. The number of unbranched alkanes of at least 4 members (excludes halogenated alkanes) is 8. The van der Waals surface area contributed by atoms with E-state index in [1.165, 1.54) is 44.9 Å². The lowest BCUT2D eigenvalue weighted by molar-refractivity contribution is 0.149. The molecule has 0 aliphatic rings. The third-order valence-corrected chi connectivity index (χ3v) is 5.73. The number of rotatable bonds is 15. The molecule has 0 saturated carbocycles. The van der Waals surface area contributed by atoms with Crippen molar-refractivity contribution in [1.29, 1.82) is 0 Å². The van der Waals surface area contributed by atoms with Crippen LogP contribution in [-0.4, -0.2) is 19.4 Å². The lowest BCUT2D eigenvalue weighted by Crippen LogP contribution is -2.15. The highest BCUT2D eigenvalue weighted by molar-refractivity contribution is 7.53. The van der Waals surface area contributed by atoms with Gasteiger partial charge in [-0.05, 0) is 18.3 Å². The third-order valence-electron chi connectivity index (χ3n) is 3.77. The van der Waals surface area contributed by atoms with E-state index in [9.17, 15) is 4.57 Å². The van der Waals surface area contributed by atoms with Crippen LogP contribution in [0, 0.1) is 5.41 Å². The fourth-order valence-electron chi connectivity index (χ4n) is 2.25. The topological polar surface area (TPSA) is 35.5 Å². The van der Waals surface area contributed by atoms with Crippen LogP contribution in [0.1, 0.15) is 98.8 Å². The van der Waals surface area contributed by atoms with E-state index in [1.807, 2.05) is 0 Å². The lowest BCUT2D eigenvalue weighted by atomic mass is 9.99. The molecule has 0 aromatic heterocycles. The Morgan fingerprint density at radius 3 is 1.78 bits per heavy atom. The summed E-state index contributed by atoms with van der Waals surface area (Å²) in [5, 5.41) is 0. The minimum atomic E-state index is -2.90. The molecule has 0 aromatic carbocycles. The fourth-order valence-corrected chi connectivity index (χ4v) is 4.28. The second kappa shape index (κ2) is 13.4. The summed E-state index contributed by atoms with van der Waals surface area (Å²) in [6.07, 6.45) is 12.6.